The lowest BCUT2D eigenvalue weighted by atomic mass is 9.76. The first kappa shape index (κ1) is 31.3. The Morgan fingerprint density at radius 3 is 2.28 bits per heavy atom. The molecular formula is C31H36O8. The van der Waals surface area contributed by atoms with Crippen molar-refractivity contribution >= 4 is 23.6 Å². The van der Waals surface area contributed by atoms with Crippen molar-refractivity contribution in [3.05, 3.63) is 90.3 Å². The van der Waals surface area contributed by atoms with Gasteiger partial charge in [-0.05, 0) is 42.5 Å². The minimum Gasteiger partial charge on any atom is -0.497 e. The number of benzene rings is 1. The van der Waals surface area contributed by atoms with Gasteiger partial charge in [-0.3, -0.25) is 14.4 Å². The Morgan fingerprint density at radius 1 is 1.03 bits per heavy atom. The van der Waals surface area contributed by atoms with Gasteiger partial charge in [-0.1, -0.05) is 55.9 Å². The van der Waals surface area contributed by atoms with Crippen LogP contribution in [0.25, 0.3) is 0 Å². The molecule has 2 aliphatic rings. The summed E-state index contributed by atoms with van der Waals surface area (Å²) >= 11 is 0. The number of carbonyl (C=O) groups excluding carboxylic acids is 4. The number of rotatable bonds is 10. The van der Waals surface area contributed by atoms with Crippen LogP contribution in [0.1, 0.15) is 37.7 Å². The van der Waals surface area contributed by atoms with Crippen molar-refractivity contribution < 1.29 is 38.9 Å². The molecule has 5 atom stereocenters. The Morgan fingerprint density at radius 2 is 1.72 bits per heavy atom. The molecule has 0 heterocycles. The lowest BCUT2D eigenvalue weighted by Crippen LogP contribution is -2.47. The van der Waals surface area contributed by atoms with Crippen LogP contribution in [-0.2, 0) is 23.9 Å². The number of ketones is 3. The zero-order valence-corrected chi connectivity index (χ0v) is 22.5. The maximum atomic E-state index is 12.2. The quantitative estimate of drug-likeness (QED) is 0.153. The number of hydrogen-bond donors (Lipinski definition) is 2. The van der Waals surface area contributed by atoms with Gasteiger partial charge in [0.1, 0.15) is 18.1 Å². The molecule has 1 saturated carbocycles. The van der Waals surface area contributed by atoms with Crippen LogP contribution >= 0.6 is 0 Å². The van der Waals surface area contributed by atoms with Crippen LogP contribution in [0.15, 0.2) is 84.7 Å². The third-order valence-electron chi connectivity index (χ3n) is 6.51. The molecule has 5 unspecified atom stereocenters. The number of allylic oxidation sites excluding steroid dienone is 8. The van der Waals surface area contributed by atoms with E-state index >= 15 is 0 Å². The summed E-state index contributed by atoms with van der Waals surface area (Å²) in [6.45, 7) is 5.84. The molecule has 2 N–H and O–H groups in total. The molecule has 0 radical (unpaired) electrons. The van der Waals surface area contributed by atoms with Gasteiger partial charge in [0.25, 0.3) is 0 Å². The Hall–Kier alpha value is -3.88. The number of unbranched alkanes of at least 4 members (excludes halogenated alkanes) is 1. The number of hydrogen-bond acceptors (Lipinski definition) is 8. The first-order valence-electron chi connectivity index (χ1n) is 12.7. The molecule has 2 aliphatic carbocycles. The molecule has 0 aliphatic heterocycles. The summed E-state index contributed by atoms with van der Waals surface area (Å²) in [4.78, 5) is 46.5. The fraction of sp³-hybridized carbons (Fsp3) is 0.355. The molecule has 3 rings (SSSR count). The van der Waals surface area contributed by atoms with Crippen LogP contribution < -0.4 is 4.74 Å². The van der Waals surface area contributed by atoms with Crippen molar-refractivity contribution in [2.75, 3.05) is 14.2 Å². The van der Waals surface area contributed by atoms with Gasteiger partial charge in [-0.15, -0.1) is 6.58 Å². The number of aliphatic hydroxyl groups is 2. The first-order valence-corrected chi connectivity index (χ1v) is 12.7. The average molecular weight is 537 g/mol. The van der Waals surface area contributed by atoms with E-state index in [9.17, 15) is 29.4 Å². The zero-order valence-electron chi connectivity index (χ0n) is 22.5. The van der Waals surface area contributed by atoms with Gasteiger partial charge in [0.2, 0.25) is 5.78 Å². The van der Waals surface area contributed by atoms with Crippen molar-refractivity contribution in [1.29, 1.82) is 0 Å². The summed E-state index contributed by atoms with van der Waals surface area (Å²) in [6.07, 6.45) is 11.9. The topological polar surface area (TPSA) is 127 Å². The van der Waals surface area contributed by atoms with Crippen LogP contribution in [0.5, 0.6) is 5.75 Å². The summed E-state index contributed by atoms with van der Waals surface area (Å²) in [6, 6.07) is 7.30. The molecule has 1 aromatic carbocycles. The van der Waals surface area contributed by atoms with E-state index in [0.29, 0.717) is 11.9 Å². The van der Waals surface area contributed by atoms with Crippen molar-refractivity contribution in [2.24, 2.45) is 11.8 Å². The normalized spacial score (nSPS) is 24.0. The fourth-order valence-electron chi connectivity index (χ4n) is 4.28. The lowest BCUT2D eigenvalue weighted by Gasteiger charge is -2.31. The number of carbonyl (C=O) groups is 4. The standard InChI is InChI=1S/C17H16O4.C14H20O4/c1-4-13(11-5-7-12(20-2)8-6-11)14-9-16(19)17(21-3)10-15(14)18;1-2-3-4-5-6-7-10-8-12(16)14(18)13(17)11(10)9-15/h4-10,13H,1H2,2-3H3;4-7,9-12,14,16,18H,2-3,8H2,1H3. The van der Waals surface area contributed by atoms with E-state index in [1.54, 1.807) is 37.5 Å². The predicted octanol–water partition coefficient (Wildman–Crippen LogP) is 3.60. The summed E-state index contributed by atoms with van der Waals surface area (Å²) in [5.41, 5.74) is 1.26. The summed E-state index contributed by atoms with van der Waals surface area (Å²) < 4.78 is 9.98. The van der Waals surface area contributed by atoms with Crippen molar-refractivity contribution in [3.8, 4) is 5.75 Å². The molecule has 8 heteroatoms. The highest BCUT2D eigenvalue weighted by molar-refractivity contribution is 6.19. The van der Waals surface area contributed by atoms with Gasteiger partial charge in [-0.25, -0.2) is 0 Å². The van der Waals surface area contributed by atoms with Crippen LogP contribution in [0, 0.1) is 11.8 Å². The summed E-state index contributed by atoms with van der Waals surface area (Å²) in [5, 5.41) is 18.9. The lowest BCUT2D eigenvalue weighted by molar-refractivity contribution is -0.146. The molecule has 0 spiro atoms. The minimum absolute atomic E-state index is 0.0568. The van der Waals surface area contributed by atoms with Gasteiger partial charge in [-0.2, -0.15) is 0 Å². The molecule has 0 aromatic heterocycles. The first-order chi connectivity index (χ1) is 18.7. The number of Topliss-reactive ketones (excluding diaryl/α,β-unsaturated/α-hetero) is 1. The van der Waals surface area contributed by atoms with E-state index in [2.05, 4.69) is 13.5 Å². The Balaban J connectivity index is 0.000000277. The van der Waals surface area contributed by atoms with E-state index in [4.69, 9.17) is 9.47 Å². The van der Waals surface area contributed by atoms with Crippen molar-refractivity contribution in [1.82, 2.24) is 0 Å². The van der Waals surface area contributed by atoms with Crippen molar-refractivity contribution in [3.63, 3.8) is 0 Å². The molecule has 1 aromatic rings. The highest BCUT2D eigenvalue weighted by atomic mass is 16.5. The third kappa shape index (κ3) is 8.30. The van der Waals surface area contributed by atoms with Crippen LogP contribution in [0.2, 0.25) is 0 Å². The fourth-order valence-corrected chi connectivity index (χ4v) is 4.28. The van der Waals surface area contributed by atoms with Gasteiger partial charge in [0, 0.05) is 17.6 Å². The molecule has 0 amide bonds. The predicted molar refractivity (Wildman–Crippen MR) is 147 cm³/mol. The third-order valence-corrected chi connectivity index (χ3v) is 6.51. The smallest absolute Gasteiger partial charge is 0.220 e. The summed E-state index contributed by atoms with van der Waals surface area (Å²) in [7, 11) is 2.95. The largest absolute Gasteiger partial charge is 0.497 e. The van der Waals surface area contributed by atoms with Gasteiger partial charge in [0.05, 0.1) is 26.2 Å². The maximum absolute atomic E-state index is 12.2. The molecule has 1 fully saturated rings. The Kier molecular flexibility index (Phi) is 12.5. The van der Waals surface area contributed by atoms with Crippen LogP contribution in [0.4, 0.5) is 0 Å². The van der Waals surface area contributed by atoms with E-state index in [1.165, 1.54) is 19.3 Å². The van der Waals surface area contributed by atoms with Crippen molar-refractivity contribution in [2.45, 2.75) is 44.3 Å². The molecule has 0 saturated heterocycles. The second-order valence-corrected chi connectivity index (χ2v) is 9.11. The number of methoxy groups -OCH3 is 2. The average Bonchev–Trinajstić information content (AvgIpc) is 2.94. The summed E-state index contributed by atoms with van der Waals surface area (Å²) in [5.74, 6) is -1.89. The molecule has 39 heavy (non-hydrogen) atoms. The molecule has 208 valence electrons. The van der Waals surface area contributed by atoms with E-state index in [1.807, 2.05) is 24.3 Å². The van der Waals surface area contributed by atoms with E-state index in [-0.39, 0.29) is 35.6 Å². The number of aliphatic hydroxyl groups excluding tert-OH is 2. The minimum atomic E-state index is -1.43. The SMILES string of the molecule is C=CC(C1=CC(=O)C(OC)=CC1=O)c1ccc(OC)cc1.CCCC=CC=CC1CC(O)C(O)C(=O)C1C=O. The number of aldehydes is 1. The van der Waals surface area contributed by atoms with Crippen LogP contribution in [0.3, 0.4) is 0 Å². The maximum Gasteiger partial charge on any atom is 0.220 e. The Labute approximate surface area is 229 Å². The second kappa shape index (κ2) is 15.5. The van der Waals surface area contributed by atoms with E-state index < -0.39 is 23.9 Å². The van der Waals surface area contributed by atoms with Gasteiger partial charge >= 0.3 is 0 Å². The monoisotopic (exact) mass is 536 g/mol. The number of ether oxygens (including phenoxy) is 2. The van der Waals surface area contributed by atoms with E-state index in [0.717, 1.165) is 24.2 Å². The zero-order chi connectivity index (χ0) is 28.9. The second-order valence-electron chi connectivity index (χ2n) is 9.11. The van der Waals surface area contributed by atoms with Crippen LogP contribution in [-0.4, -0.2) is 60.3 Å². The Bertz CT molecular complexity index is 1160. The molecule has 8 nitrogen and oxygen atoms in total. The molecular weight excluding hydrogens is 500 g/mol. The van der Waals surface area contributed by atoms with Gasteiger partial charge in [0.15, 0.2) is 17.3 Å². The highest BCUT2D eigenvalue weighted by Gasteiger charge is 2.41. The highest BCUT2D eigenvalue weighted by Crippen LogP contribution is 2.31. The molecule has 0 bridgehead atoms. The van der Waals surface area contributed by atoms with Gasteiger partial charge < -0.3 is 24.5 Å².